The molecule has 5 heteroatoms. The number of carboxylic acids is 1. The van der Waals surface area contributed by atoms with Crippen molar-refractivity contribution in [3.63, 3.8) is 0 Å². The smallest absolute Gasteiger partial charge is 0.312 e. The van der Waals surface area contributed by atoms with E-state index in [1.54, 1.807) is 18.2 Å². The summed E-state index contributed by atoms with van der Waals surface area (Å²) in [6, 6.07) is 4.97. The summed E-state index contributed by atoms with van der Waals surface area (Å²) in [5, 5.41) is 9.44. The van der Waals surface area contributed by atoms with Crippen LogP contribution in [-0.4, -0.2) is 17.6 Å². The number of hydrogen-bond acceptors (Lipinski definition) is 2. The lowest BCUT2D eigenvalue weighted by Crippen LogP contribution is -2.21. The van der Waals surface area contributed by atoms with Crippen molar-refractivity contribution in [2.24, 2.45) is 5.73 Å². The molecule has 3 N–H and O–H groups in total. The molecule has 0 aliphatic heterocycles. The summed E-state index contributed by atoms with van der Waals surface area (Å²) in [6.45, 7) is 0.0650. The van der Waals surface area contributed by atoms with Gasteiger partial charge in [0.1, 0.15) is 0 Å². The summed E-state index contributed by atoms with van der Waals surface area (Å²) < 4.78 is 0.669. The lowest BCUT2D eigenvalue weighted by atomic mass is 10.00. The molecular weight excluding hydrogens is 269 g/mol. The quantitative estimate of drug-likeness (QED) is 0.891. The SMILES string of the molecule is NCC(C(=O)O)c1ccc(Cl)cc1Br. The Balaban J connectivity index is 3.10. The van der Waals surface area contributed by atoms with E-state index in [1.807, 2.05) is 0 Å². The topological polar surface area (TPSA) is 63.3 Å². The van der Waals surface area contributed by atoms with Crippen LogP contribution in [0.4, 0.5) is 0 Å². The van der Waals surface area contributed by atoms with E-state index in [0.29, 0.717) is 15.1 Å². The molecule has 1 rings (SSSR count). The zero-order valence-electron chi connectivity index (χ0n) is 7.21. The predicted octanol–water partition coefficient (Wildman–Crippen LogP) is 2.23. The lowest BCUT2D eigenvalue weighted by Gasteiger charge is -2.11. The Hall–Kier alpha value is -0.580. The molecular formula is C9H9BrClNO2. The third kappa shape index (κ3) is 2.47. The standard InChI is InChI=1S/C9H9BrClNO2/c10-8-3-5(11)1-2-6(8)7(4-12)9(13)14/h1-3,7H,4,12H2,(H,13,14). The largest absolute Gasteiger partial charge is 0.481 e. The van der Waals surface area contributed by atoms with Crippen molar-refractivity contribution in [2.45, 2.75) is 5.92 Å². The van der Waals surface area contributed by atoms with Crippen LogP contribution in [0, 0.1) is 0 Å². The number of aliphatic carboxylic acids is 1. The summed E-state index contributed by atoms with van der Waals surface area (Å²) in [5.41, 5.74) is 6.02. The van der Waals surface area contributed by atoms with E-state index in [4.69, 9.17) is 22.4 Å². The summed E-state index contributed by atoms with van der Waals surface area (Å²) >= 11 is 8.99. The van der Waals surface area contributed by atoms with Gasteiger partial charge in [-0.3, -0.25) is 4.79 Å². The number of halogens is 2. The van der Waals surface area contributed by atoms with Gasteiger partial charge in [-0.1, -0.05) is 33.6 Å². The second-order valence-corrected chi connectivity index (χ2v) is 4.08. The van der Waals surface area contributed by atoms with Crippen LogP contribution >= 0.6 is 27.5 Å². The number of carbonyl (C=O) groups is 1. The molecule has 0 spiro atoms. The van der Waals surface area contributed by atoms with Crippen LogP contribution in [0.3, 0.4) is 0 Å². The van der Waals surface area contributed by atoms with E-state index in [2.05, 4.69) is 15.9 Å². The first-order valence-electron chi connectivity index (χ1n) is 3.94. The molecule has 0 fully saturated rings. The van der Waals surface area contributed by atoms with Gasteiger partial charge in [0.25, 0.3) is 0 Å². The molecule has 0 aliphatic carbocycles. The molecule has 0 aromatic heterocycles. The highest BCUT2D eigenvalue weighted by atomic mass is 79.9. The molecule has 3 nitrogen and oxygen atoms in total. The van der Waals surface area contributed by atoms with Gasteiger partial charge in [-0.25, -0.2) is 0 Å². The van der Waals surface area contributed by atoms with Gasteiger partial charge >= 0.3 is 5.97 Å². The van der Waals surface area contributed by atoms with Crippen LogP contribution in [-0.2, 0) is 4.79 Å². The van der Waals surface area contributed by atoms with Crippen LogP contribution in [0.25, 0.3) is 0 Å². The summed E-state index contributed by atoms with van der Waals surface area (Å²) in [4.78, 5) is 10.8. The molecule has 0 radical (unpaired) electrons. The van der Waals surface area contributed by atoms with Crippen LogP contribution < -0.4 is 5.73 Å². The minimum absolute atomic E-state index is 0.0650. The van der Waals surface area contributed by atoms with Gasteiger partial charge in [-0.05, 0) is 17.7 Å². The molecule has 0 saturated carbocycles. The summed E-state index contributed by atoms with van der Waals surface area (Å²) in [6.07, 6.45) is 0. The zero-order valence-corrected chi connectivity index (χ0v) is 9.55. The summed E-state index contributed by atoms with van der Waals surface area (Å²) in [5.74, 6) is -1.63. The van der Waals surface area contributed by atoms with Gasteiger partial charge in [0.2, 0.25) is 0 Å². The van der Waals surface area contributed by atoms with E-state index in [0.717, 1.165) is 0 Å². The highest BCUT2D eigenvalue weighted by molar-refractivity contribution is 9.10. The van der Waals surface area contributed by atoms with Crippen LogP contribution in [0.1, 0.15) is 11.5 Å². The minimum Gasteiger partial charge on any atom is -0.481 e. The molecule has 0 saturated heterocycles. The average Bonchev–Trinajstić information content (AvgIpc) is 2.09. The summed E-state index contributed by atoms with van der Waals surface area (Å²) in [7, 11) is 0. The molecule has 1 aromatic carbocycles. The molecule has 14 heavy (non-hydrogen) atoms. The van der Waals surface area contributed by atoms with E-state index < -0.39 is 11.9 Å². The fourth-order valence-corrected chi connectivity index (χ4v) is 2.10. The molecule has 1 aromatic rings. The van der Waals surface area contributed by atoms with Crippen molar-refractivity contribution in [3.8, 4) is 0 Å². The Morgan fingerprint density at radius 3 is 2.71 bits per heavy atom. The van der Waals surface area contributed by atoms with Gasteiger partial charge in [0, 0.05) is 16.0 Å². The van der Waals surface area contributed by atoms with Crippen molar-refractivity contribution < 1.29 is 9.90 Å². The normalized spacial score (nSPS) is 12.5. The maximum Gasteiger partial charge on any atom is 0.312 e. The Labute approximate surface area is 95.0 Å². The number of rotatable bonds is 3. The number of benzene rings is 1. The van der Waals surface area contributed by atoms with Crippen molar-refractivity contribution in [3.05, 3.63) is 33.3 Å². The second kappa shape index (κ2) is 4.77. The van der Waals surface area contributed by atoms with Crippen LogP contribution in [0.5, 0.6) is 0 Å². The van der Waals surface area contributed by atoms with E-state index in [-0.39, 0.29) is 6.54 Å². The maximum atomic E-state index is 10.8. The van der Waals surface area contributed by atoms with Crippen molar-refractivity contribution in [1.29, 1.82) is 0 Å². The number of hydrogen-bond donors (Lipinski definition) is 2. The Bertz CT molecular complexity index is 357. The minimum atomic E-state index is -0.935. The molecule has 1 atom stereocenters. The number of carboxylic acid groups (broad SMARTS) is 1. The lowest BCUT2D eigenvalue weighted by molar-refractivity contribution is -0.138. The van der Waals surface area contributed by atoms with Crippen molar-refractivity contribution in [1.82, 2.24) is 0 Å². The first-order valence-corrected chi connectivity index (χ1v) is 5.11. The fourth-order valence-electron chi connectivity index (χ4n) is 1.14. The van der Waals surface area contributed by atoms with Gasteiger partial charge in [-0.2, -0.15) is 0 Å². The van der Waals surface area contributed by atoms with E-state index >= 15 is 0 Å². The molecule has 0 heterocycles. The highest BCUT2D eigenvalue weighted by Gasteiger charge is 2.20. The fraction of sp³-hybridized carbons (Fsp3) is 0.222. The number of nitrogens with two attached hydrogens (primary N) is 1. The van der Waals surface area contributed by atoms with Gasteiger partial charge < -0.3 is 10.8 Å². The third-order valence-electron chi connectivity index (χ3n) is 1.87. The first-order chi connectivity index (χ1) is 6.56. The molecule has 1 unspecified atom stereocenters. The highest BCUT2D eigenvalue weighted by Crippen LogP contribution is 2.27. The van der Waals surface area contributed by atoms with Gasteiger partial charge in [-0.15, -0.1) is 0 Å². The predicted molar refractivity (Wildman–Crippen MR) is 58.6 cm³/mol. The molecule has 0 amide bonds. The maximum absolute atomic E-state index is 10.8. The van der Waals surface area contributed by atoms with Crippen molar-refractivity contribution in [2.75, 3.05) is 6.54 Å². The van der Waals surface area contributed by atoms with Crippen LogP contribution in [0.2, 0.25) is 5.02 Å². The third-order valence-corrected chi connectivity index (χ3v) is 2.79. The Kier molecular flexibility index (Phi) is 3.92. The molecule has 76 valence electrons. The average molecular weight is 279 g/mol. The van der Waals surface area contributed by atoms with E-state index in [1.165, 1.54) is 0 Å². The van der Waals surface area contributed by atoms with E-state index in [9.17, 15) is 4.79 Å². The van der Waals surface area contributed by atoms with Gasteiger partial charge in [0.15, 0.2) is 0 Å². The second-order valence-electron chi connectivity index (χ2n) is 2.79. The zero-order chi connectivity index (χ0) is 10.7. The first kappa shape index (κ1) is 11.5. The molecule has 0 bridgehead atoms. The monoisotopic (exact) mass is 277 g/mol. The van der Waals surface area contributed by atoms with Crippen LogP contribution in [0.15, 0.2) is 22.7 Å². The Morgan fingerprint density at radius 1 is 1.64 bits per heavy atom. The van der Waals surface area contributed by atoms with Crippen molar-refractivity contribution >= 4 is 33.5 Å². The Morgan fingerprint density at radius 2 is 2.29 bits per heavy atom. The molecule has 0 aliphatic rings. The van der Waals surface area contributed by atoms with Gasteiger partial charge in [0.05, 0.1) is 5.92 Å².